The van der Waals surface area contributed by atoms with Gasteiger partial charge in [-0.1, -0.05) is 0 Å². The lowest BCUT2D eigenvalue weighted by molar-refractivity contribution is -0.179. The lowest BCUT2D eigenvalue weighted by Gasteiger charge is -2.37. The highest BCUT2D eigenvalue weighted by molar-refractivity contribution is 7.89. The summed E-state index contributed by atoms with van der Waals surface area (Å²) in [5.41, 5.74) is 0.702. The molecule has 0 aliphatic carbocycles. The van der Waals surface area contributed by atoms with E-state index in [1.807, 2.05) is 34.6 Å². The fourth-order valence-corrected chi connectivity index (χ4v) is 5.13. The first-order valence-corrected chi connectivity index (χ1v) is 11.6. The maximum Gasteiger partial charge on any atom is 0.338 e. The predicted molar refractivity (Wildman–Crippen MR) is 113 cm³/mol. The van der Waals surface area contributed by atoms with Crippen molar-refractivity contribution in [1.29, 1.82) is 0 Å². The van der Waals surface area contributed by atoms with Gasteiger partial charge in [-0.25, -0.2) is 4.79 Å². The molecule has 2 fully saturated rings. The number of hydrogen-bond acceptors (Lipinski definition) is 6. The summed E-state index contributed by atoms with van der Waals surface area (Å²) >= 11 is -1.75. The minimum atomic E-state index is -1.75. The minimum absolute atomic E-state index is 0.0352. The first-order valence-electron chi connectivity index (χ1n) is 10.4. The number of nitrogens with zero attached hydrogens (tertiary/aromatic N) is 1. The number of carbonyl (C=O) groups is 1. The SMILES string of the molecule is Cc1cc(C(=O)OC(C)(C)C)cc(C)c1CC(F)[S+]([O-])N1CCC2(CC1)OCCO2. The molecule has 0 saturated carbocycles. The summed E-state index contributed by atoms with van der Waals surface area (Å²) in [6.45, 7) is 11.2. The van der Waals surface area contributed by atoms with E-state index in [9.17, 15) is 13.7 Å². The third-order valence-corrected chi connectivity index (χ3v) is 6.94. The van der Waals surface area contributed by atoms with E-state index in [-0.39, 0.29) is 6.42 Å². The molecule has 0 radical (unpaired) electrons. The molecule has 30 heavy (non-hydrogen) atoms. The predicted octanol–water partition coefficient (Wildman–Crippen LogP) is 3.60. The molecule has 168 valence electrons. The van der Waals surface area contributed by atoms with E-state index in [0.717, 1.165) is 16.7 Å². The number of benzene rings is 1. The monoisotopic (exact) mass is 441 g/mol. The highest BCUT2D eigenvalue weighted by atomic mass is 32.2. The molecule has 8 heteroatoms. The van der Waals surface area contributed by atoms with Gasteiger partial charge in [-0.15, -0.1) is 4.31 Å². The molecule has 3 rings (SSSR count). The van der Waals surface area contributed by atoms with E-state index in [2.05, 4.69) is 0 Å². The molecular formula is C22H32FNO5S. The third kappa shape index (κ3) is 5.53. The van der Waals surface area contributed by atoms with Crippen molar-refractivity contribution < 1.29 is 27.9 Å². The molecule has 2 aliphatic rings. The van der Waals surface area contributed by atoms with Crippen molar-refractivity contribution in [2.45, 2.75) is 70.8 Å². The van der Waals surface area contributed by atoms with Crippen LogP contribution in [0.1, 0.15) is 60.7 Å². The number of aryl methyl sites for hydroxylation is 2. The molecule has 2 aliphatic heterocycles. The Morgan fingerprint density at radius 2 is 1.77 bits per heavy atom. The second kappa shape index (κ2) is 9.12. The zero-order valence-corrected chi connectivity index (χ0v) is 19.3. The van der Waals surface area contributed by atoms with Gasteiger partial charge in [0.25, 0.3) is 5.50 Å². The summed E-state index contributed by atoms with van der Waals surface area (Å²) in [5.74, 6) is -0.976. The second-order valence-corrected chi connectivity index (χ2v) is 10.6. The van der Waals surface area contributed by atoms with E-state index in [0.29, 0.717) is 44.7 Å². The van der Waals surface area contributed by atoms with Crippen LogP contribution in [-0.2, 0) is 32.0 Å². The van der Waals surface area contributed by atoms with Crippen molar-refractivity contribution in [2.75, 3.05) is 26.3 Å². The molecule has 0 aromatic heterocycles. The first-order chi connectivity index (χ1) is 14.0. The summed E-state index contributed by atoms with van der Waals surface area (Å²) in [5, 5.41) is 0. The fraction of sp³-hybridized carbons (Fsp3) is 0.682. The molecule has 1 aromatic rings. The summed E-state index contributed by atoms with van der Waals surface area (Å²) < 4.78 is 46.2. The van der Waals surface area contributed by atoms with Crippen LogP contribution in [0, 0.1) is 13.8 Å². The number of alkyl halides is 1. The van der Waals surface area contributed by atoms with Gasteiger partial charge in [-0.3, -0.25) is 0 Å². The molecule has 2 unspecified atom stereocenters. The molecule has 2 saturated heterocycles. The van der Waals surface area contributed by atoms with Gasteiger partial charge in [0.15, 0.2) is 5.79 Å². The number of halogens is 1. The summed E-state index contributed by atoms with van der Waals surface area (Å²) in [4.78, 5) is 12.3. The first kappa shape index (κ1) is 23.5. The van der Waals surface area contributed by atoms with Crippen LogP contribution in [-0.4, -0.2) is 58.0 Å². The fourth-order valence-electron chi connectivity index (χ4n) is 3.96. The maximum absolute atomic E-state index is 15.0. The summed E-state index contributed by atoms with van der Waals surface area (Å²) in [7, 11) is 0. The van der Waals surface area contributed by atoms with Crippen molar-refractivity contribution in [2.24, 2.45) is 0 Å². The Morgan fingerprint density at radius 1 is 1.23 bits per heavy atom. The number of rotatable bonds is 5. The lowest BCUT2D eigenvalue weighted by Crippen LogP contribution is -2.49. The Kier molecular flexibility index (Phi) is 7.14. The summed E-state index contributed by atoms with van der Waals surface area (Å²) in [6.07, 6.45) is 1.22. The number of esters is 1. The van der Waals surface area contributed by atoms with Gasteiger partial charge in [-0.05, 0) is 63.4 Å². The van der Waals surface area contributed by atoms with Crippen LogP contribution in [0.25, 0.3) is 0 Å². The molecule has 2 heterocycles. The van der Waals surface area contributed by atoms with E-state index in [4.69, 9.17) is 14.2 Å². The molecule has 0 amide bonds. The van der Waals surface area contributed by atoms with Gasteiger partial charge in [0.2, 0.25) is 0 Å². The number of hydrogen-bond donors (Lipinski definition) is 0. The van der Waals surface area contributed by atoms with Crippen LogP contribution in [0.4, 0.5) is 4.39 Å². The molecule has 2 atom stereocenters. The molecule has 0 bridgehead atoms. The van der Waals surface area contributed by atoms with Gasteiger partial charge in [-0.2, -0.15) is 4.39 Å². The van der Waals surface area contributed by atoms with Crippen molar-refractivity contribution in [3.8, 4) is 0 Å². The van der Waals surface area contributed by atoms with E-state index in [1.54, 1.807) is 16.4 Å². The zero-order chi connectivity index (χ0) is 22.1. The zero-order valence-electron chi connectivity index (χ0n) is 18.5. The van der Waals surface area contributed by atoms with Gasteiger partial charge in [0, 0.05) is 25.9 Å². The van der Waals surface area contributed by atoms with Crippen molar-refractivity contribution >= 4 is 17.3 Å². The molecule has 1 aromatic carbocycles. The van der Waals surface area contributed by atoms with E-state index >= 15 is 0 Å². The molecular weight excluding hydrogens is 409 g/mol. The Labute approximate surface area is 181 Å². The van der Waals surface area contributed by atoms with E-state index in [1.165, 1.54) is 0 Å². The molecule has 0 N–H and O–H groups in total. The quantitative estimate of drug-likeness (QED) is 0.514. The van der Waals surface area contributed by atoms with Crippen molar-refractivity contribution in [1.82, 2.24) is 4.31 Å². The normalized spacial score (nSPS) is 21.6. The molecule has 1 spiro atoms. The smallest absolute Gasteiger partial charge is 0.338 e. The lowest BCUT2D eigenvalue weighted by atomic mass is 9.97. The second-order valence-electron chi connectivity index (χ2n) is 9.02. The largest absolute Gasteiger partial charge is 0.596 e. The minimum Gasteiger partial charge on any atom is -0.596 e. The van der Waals surface area contributed by atoms with Gasteiger partial charge in [0.1, 0.15) is 5.60 Å². The van der Waals surface area contributed by atoms with Crippen molar-refractivity contribution in [3.05, 3.63) is 34.4 Å². The van der Waals surface area contributed by atoms with Gasteiger partial charge < -0.3 is 18.8 Å². The average molecular weight is 442 g/mol. The Morgan fingerprint density at radius 3 is 2.27 bits per heavy atom. The number of ether oxygens (including phenoxy) is 3. The standard InChI is InChI=1S/C22H32FNO5S/c1-15-12-17(20(25)29-21(3,4)5)13-16(2)18(15)14-19(23)30(26)24-8-6-22(7-9-24)27-10-11-28-22/h12-13,19H,6-11,14H2,1-5H3. The maximum atomic E-state index is 15.0. The van der Waals surface area contributed by atoms with Gasteiger partial charge in [0.05, 0.1) is 36.6 Å². The Hall–Kier alpha value is -1.19. The Balaban J connectivity index is 1.63. The number of piperidine rings is 1. The van der Waals surface area contributed by atoms with Crippen LogP contribution >= 0.6 is 0 Å². The van der Waals surface area contributed by atoms with Crippen LogP contribution in [0.2, 0.25) is 0 Å². The third-order valence-electron chi connectivity index (χ3n) is 5.47. The highest BCUT2D eigenvalue weighted by Gasteiger charge is 2.44. The Bertz CT molecular complexity index is 742. The van der Waals surface area contributed by atoms with Crippen LogP contribution in [0.5, 0.6) is 0 Å². The van der Waals surface area contributed by atoms with Crippen LogP contribution in [0.3, 0.4) is 0 Å². The van der Waals surface area contributed by atoms with Crippen molar-refractivity contribution in [3.63, 3.8) is 0 Å². The average Bonchev–Trinajstić information content (AvgIpc) is 3.11. The van der Waals surface area contributed by atoms with Crippen LogP contribution in [0.15, 0.2) is 12.1 Å². The van der Waals surface area contributed by atoms with Crippen LogP contribution < -0.4 is 0 Å². The number of carbonyl (C=O) groups excluding carboxylic acids is 1. The van der Waals surface area contributed by atoms with Gasteiger partial charge >= 0.3 is 5.97 Å². The van der Waals surface area contributed by atoms with E-state index < -0.39 is 34.2 Å². The topological polar surface area (TPSA) is 71.1 Å². The summed E-state index contributed by atoms with van der Waals surface area (Å²) in [6, 6.07) is 3.43. The highest BCUT2D eigenvalue weighted by Crippen LogP contribution is 2.33. The molecule has 6 nitrogen and oxygen atoms in total.